The molecule has 0 saturated carbocycles. The summed E-state index contributed by atoms with van der Waals surface area (Å²) in [5.74, 6) is 0.669. The third-order valence-electron chi connectivity index (χ3n) is 4.32. The van der Waals surface area contributed by atoms with Crippen molar-refractivity contribution in [3.63, 3.8) is 0 Å². The van der Waals surface area contributed by atoms with Crippen LogP contribution >= 0.6 is 0 Å². The predicted molar refractivity (Wildman–Crippen MR) is 91.6 cm³/mol. The summed E-state index contributed by atoms with van der Waals surface area (Å²) in [5, 5.41) is 8.14. The topological polar surface area (TPSA) is 58.6 Å². The molecule has 6 nitrogen and oxygen atoms in total. The zero-order valence-electron chi connectivity index (χ0n) is 13.8. The molecule has 1 aromatic heterocycles. The number of esters is 1. The normalized spacial score (nSPS) is 17.1. The number of nitrogens with zero attached hydrogens (tertiary/aromatic N) is 4. The van der Waals surface area contributed by atoms with Crippen molar-refractivity contribution in [2.45, 2.75) is 12.5 Å². The van der Waals surface area contributed by atoms with Gasteiger partial charge in [0.2, 0.25) is 0 Å². The molecule has 2 heterocycles. The molecule has 1 aliphatic rings. The lowest BCUT2D eigenvalue weighted by molar-refractivity contribution is -0.147. The predicted octanol–water partition coefficient (Wildman–Crippen LogP) is 1.90. The van der Waals surface area contributed by atoms with Crippen molar-refractivity contribution < 1.29 is 9.53 Å². The summed E-state index contributed by atoms with van der Waals surface area (Å²) >= 11 is 0. The van der Waals surface area contributed by atoms with Gasteiger partial charge in [-0.2, -0.15) is 5.10 Å². The second-order valence-electron chi connectivity index (χ2n) is 5.79. The van der Waals surface area contributed by atoms with Gasteiger partial charge in [-0.25, -0.2) is 4.79 Å². The maximum atomic E-state index is 12.4. The van der Waals surface area contributed by atoms with Crippen molar-refractivity contribution in [1.29, 1.82) is 0 Å². The summed E-state index contributed by atoms with van der Waals surface area (Å²) in [7, 11) is 1.45. The Bertz CT molecular complexity index is 651. The molecule has 1 aliphatic heterocycles. The smallest absolute Gasteiger partial charge is 0.327 e. The van der Waals surface area contributed by atoms with E-state index in [1.807, 2.05) is 42.5 Å². The molecule has 0 aliphatic carbocycles. The van der Waals surface area contributed by atoms with Crippen LogP contribution in [0.4, 0.5) is 5.82 Å². The van der Waals surface area contributed by atoms with Crippen molar-refractivity contribution >= 4 is 11.8 Å². The van der Waals surface area contributed by atoms with Crippen LogP contribution in [0.5, 0.6) is 0 Å². The van der Waals surface area contributed by atoms with Gasteiger partial charge in [0, 0.05) is 32.4 Å². The molecule has 1 aromatic carbocycles. The largest absolute Gasteiger partial charge is 0.468 e. The number of aromatic nitrogens is 2. The molecule has 0 amide bonds. The van der Waals surface area contributed by atoms with Gasteiger partial charge in [-0.15, -0.1) is 5.10 Å². The first-order valence-electron chi connectivity index (χ1n) is 8.19. The molecule has 3 rings (SSSR count). The quantitative estimate of drug-likeness (QED) is 0.800. The van der Waals surface area contributed by atoms with Crippen LogP contribution in [-0.2, 0) is 9.53 Å². The Kier molecular flexibility index (Phi) is 5.38. The summed E-state index contributed by atoms with van der Waals surface area (Å²) in [6.07, 6.45) is 2.63. The molecule has 0 N–H and O–H groups in total. The number of ether oxygens (including phenoxy) is 1. The highest BCUT2D eigenvalue weighted by atomic mass is 16.5. The minimum absolute atomic E-state index is 0.214. The molecule has 1 fully saturated rings. The molecule has 126 valence electrons. The van der Waals surface area contributed by atoms with Gasteiger partial charge in [0.25, 0.3) is 0 Å². The number of hydrogen-bond acceptors (Lipinski definition) is 6. The first kappa shape index (κ1) is 16.4. The second kappa shape index (κ2) is 7.88. The maximum absolute atomic E-state index is 12.4. The van der Waals surface area contributed by atoms with E-state index in [1.54, 1.807) is 6.20 Å². The van der Waals surface area contributed by atoms with Crippen molar-refractivity contribution in [2.24, 2.45) is 0 Å². The van der Waals surface area contributed by atoms with Gasteiger partial charge in [-0.05, 0) is 24.1 Å². The summed E-state index contributed by atoms with van der Waals surface area (Å²) in [4.78, 5) is 16.8. The van der Waals surface area contributed by atoms with Crippen molar-refractivity contribution in [3.05, 3.63) is 54.2 Å². The highest BCUT2D eigenvalue weighted by molar-refractivity contribution is 5.77. The molecule has 0 bridgehead atoms. The third-order valence-corrected chi connectivity index (χ3v) is 4.32. The lowest BCUT2D eigenvalue weighted by atomic mass is 10.1. The highest BCUT2D eigenvalue weighted by Gasteiger charge is 2.30. The fraction of sp³-hybridized carbons (Fsp3) is 0.389. The Hall–Kier alpha value is -2.47. The van der Waals surface area contributed by atoms with Crippen LogP contribution < -0.4 is 4.90 Å². The van der Waals surface area contributed by atoms with Gasteiger partial charge in [0.1, 0.15) is 6.04 Å². The average Bonchev–Trinajstić information content (AvgIpc) is 2.89. The summed E-state index contributed by atoms with van der Waals surface area (Å²) in [6, 6.07) is 13.3. The molecule has 1 atom stereocenters. The molecule has 1 saturated heterocycles. The number of hydrogen-bond donors (Lipinski definition) is 0. The Morgan fingerprint density at radius 3 is 2.62 bits per heavy atom. The zero-order valence-corrected chi connectivity index (χ0v) is 13.8. The number of rotatable bonds is 4. The van der Waals surface area contributed by atoms with E-state index < -0.39 is 0 Å². The van der Waals surface area contributed by atoms with Gasteiger partial charge in [-0.1, -0.05) is 30.3 Å². The van der Waals surface area contributed by atoms with Gasteiger partial charge < -0.3 is 9.64 Å². The van der Waals surface area contributed by atoms with Crippen LogP contribution in [0.2, 0.25) is 0 Å². The third kappa shape index (κ3) is 3.71. The van der Waals surface area contributed by atoms with E-state index >= 15 is 0 Å². The van der Waals surface area contributed by atoms with E-state index in [9.17, 15) is 4.79 Å². The first-order valence-corrected chi connectivity index (χ1v) is 8.19. The number of methoxy groups -OCH3 is 1. The average molecular weight is 326 g/mol. The van der Waals surface area contributed by atoms with Crippen molar-refractivity contribution in [2.75, 3.05) is 38.2 Å². The zero-order chi connectivity index (χ0) is 16.8. The van der Waals surface area contributed by atoms with E-state index in [1.165, 1.54) is 7.11 Å². The fourth-order valence-corrected chi connectivity index (χ4v) is 3.13. The molecule has 0 radical (unpaired) electrons. The molecule has 6 heteroatoms. The van der Waals surface area contributed by atoms with Crippen LogP contribution in [0.15, 0.2) is 48.7 Å². The van der Waals surface area contributed by atoms with Gasteiger partial charge >= 0.3 is 5.97 Å². The minimum atomic E-state index is -0.363. The number of carbonyl (C=O) groups is 1. The number of carbonyl (C=O) groups excluding carboxylic acids is 1. The second-order valence-corrected chi connectivity index (χ2v) is 5.79. The monoisotopic (exact) mass is 326 g/mol. The number of benzene rings is 1. The SMILES string of the molecule is COC(=O)[C@H](c1ccccc1)N1CCCN(c2cccnn2)CC1. The molecule has 24 heavy (non-hydrogen) atoms. The van der Waals surface area contributed by atoms with Crippen LogP contribution in [0.3, 0.4) is 0 Å². The lowest BCUT2D eigenvalue weighted by Gasteiger charge is -2.29. The highest BCUT2D eigenvalue weighted by Crippen LogP contribution is 2.24. The van der Waals surface area contributed by atoms with Crippen LogP contribution in [0.25, 0.3) is 0 Å². The number of anilines is 1. The molecule has 2 aromatic rings. The summed E-state index contributed by atoms with van der Waals surface area (Å²) in [5.41, 5.74) is 0.970. The summed E-state index contributed by atoms with van der Waals surface area (Å²) in [6.45, 7) is 3.31. The van der Waals surface area contributed by atoms with Gasteiger partial charge in [0.05, 0.1) is 7.11 Å². The van der Waals surface area contributed by atoms with Crippen LogP contribution in [0.1, 0.15) is 18.0 Å². The van der Waals surface area contributed by atoms with Crippen molar-refractivity contribution in [1.82, 2.24) is 15.1 Å². The molecular formula is C18H22N4O2. The molecular weight excluding hydrogens is 304 g/mol. The Labute approximate surface area is 142 Å². The van der Waals surface area contributed by atoms with E-state index in [2.05, 4.69) is 20.0 Å². The molecule has 0 unspecified atom stereocenters. The molecule has 0 spiro atoms. The minimum Gasteiger partial charge on any atom is -0.468 e. The van der Waals surface area contributed by atoms with Crippen LogP contribution in [0, 0.1) is 0 Å². The van der Waals surface area contributed by atoms with E-state index in [-0.39, 0.29) is 12.0 Å². The first-order chi connectivity index (χ1) is 11.8. The van der Waals surface area contributed by atoms with E-state index in [4.69, 9.17) is 4.74 Å². The van der Waals surface area contributed by atoms with Gasteiger partial charge in [-0.3, -0.25) is 4.90 Å². The van der Waals surface area contributed by atoms with Crippen molar-refractivity contribution in [3.8, 4) is 0 Å². The van der Waals surface area contributed by atoms with E-state index in [0.29, 0.717) is 0 Å². The van der Waals surface area contributed by atoms with Gasteiger partial charge in [0.15, 0.2) is 5.82 Å². The lowest BCUT2D eigenvalue weighted by Crippen LogP contribution is -2.38. The Balaban J connectivity index is 1.76. The standard InChI is InChI=1S/C18H22N4O2/c1-24-18(23)17(15-7-3-2-4-8-15)22-12-6-11-21(13-14-22)16-9-5-10-19-20-16/h2-5,7-10,17H,6,11-14H2,1H3/t17-/m0/s1. The fourth-order valence-electron chi connectivity index (χ4n) is 3.13. The Morgan fingerprint density at radius 2 is 1.92 bits per heavy atom. The van der Waals surface area contributed by atoms with E-state index in [0.717, 1.165) is 44.0 Å². The van der Waals surface area contributed by atoms with Crippen LogP contribution in [-0.4, -0.2) is 54.4 Å². The maximum Gasteiger partial charge on any atom is 0.327 e. The Morgan fingerprint density at radius 1 is 1.08 bits per heavy atom. The summed E-state index contributed by atoms with van der Waals surface area (Å²) < 4.78 is 5.06.